The Balaban J connectivity index is 1.51. The Labute approximate surface area is 206 Å². The molecule has 12 heteroatoms. The number of rotatable bonds is 8. The van der Waals surface area contributed by atoms with E-state index >= 15 is 0 Å². The first-order valence-corrected chi connectivity index (χ1v) is 13.8. The SMILES string of the molecule is CCOC(=O)C(=O)N1CC[C@H](C[C@@H](C(=O)Nc2ncc(F)s2)c2ccc(S(=O)(=O)C3CC3)cc2)C1. The number of nitrogens with zero attached hydrogens (tertiary/aromatic N) is 2. The highest BCUT2D eigenvalue weighted by Crippen LogP contribution is 2.35. The highest BCUT2D eigenvalue weighted by atomic mass is 32.2. The number of nitrogens with one attached hydrogen (secondary N) is 1. The smallest absolute Gasteiger partial charge is 0.397 e. The van der Waals surface area contributed by atoms with Gasteiger partial charge in [-0.1, -0.05) is 23.5 Å². The molecule has 4 rings (SSSR count). The van der Waals surface area contributed by atoms with Gasteiger partial charge in [-0.15, -0.1) is 0 Å². The third-order valence-electron chi connectivity index (χ3n) is 6.19. The zero-order chi connectivity index (χ0) is 25.2. The molecule has 1 aliphatic heterocycles. The molecule has 35 heavy (non-hydrogen) atoms. The molecule has 0 unspecified atom stereocenters. The summed E-state index contributed by atoms with van der Waals surface area (Å²) in [4.78, 5) is 42.7. The van der Waals surface area contributed by atoms with Gasteiger partial charge in [0.2, 0.25) is 5.91 Å². The second kappa shape index (κ2) is 10.4. The Morgan fingerprint density at radius 1 is 1.23 bits per heavy atom. The van der Waals surface area contributed by atoms with E-state index in [0.29, 0.717) is 55.7 Å². The van der Waals surface area contributed by atoms with Crippen molar-refractivity contribution in [2.75, 3.05) is 25.0 Å². The van der Waals surface area contributed by atoms with Crippen LogP contribution in [0.25, 0.3) is 0 Å². The summed E-state index contributed by atoms with van der Waals surface area (Å²) >= 11 is 0.706. The number of benzene rings is 1. The number of hydrogen-bond donors (Lipinski definition) is 1. The summed E-state index contributed by atoms with van der Waals surface area (Å²) < 4.78 is 43.2. The zero-order valence-corrected chi connectivity index (χ0v) is 20.7. The van der Waals surface area contributed by atoms with Crippen molar-refractivity contribution in [1.29, 1.82) is 0 Å². The summed E-state index contributed by atoms with van der Waals surface area (Å²) in [5, 5.41) is 1.88. The van der Waals surface area contributed by atoms with Crippen LogP contribution in [0.2, 0.25) is 0 Å². The third-order valence-corrected chi connectivity index (χ3v) is 9.17. The average Bonchev–Trinajstić information content (AvgIpc) is 3.48. The molecule has 2 fully saturated rings. The Bertz CT molecular complexity index is 1210. The maximum Gasteiger partial charge on any atom is 0.397 e. The second-order valence-corrected chi connectivity index (χ2v) is 11.9. The van der Waals surface area contributed by atoms with Gasteiger partial charge in [0.05, 0.1) is 28.9 Å². The Morgan fingerprint density at radius 2 is 1.94 bits per heavy atom. The number of sulfone groups is 1. The minimum absolute atomic E-state index is 0.0768. The number of amides is 2. The molecule has 188 valence electrons. The largest absolute Gasteiger partial charge is 0.459 e. The molecule has 1 aromatic carbocycles. The first-order chi connectivity index (χ1) is 16.7. The van der Waals surface area contributed by atoms with Gasteiger partial charge in [0.25, 0.3) is 0 Å². The zero-order valence-electron chi connectivity index (χ0n) is 19.1. The fourth-order valence-electron chi connectivity index (χ4n) is 4.22. The van der Waals surface area contributed by atoms with Crippen molar-refractivity contribution in [2.24, 2.45) is 5.92 Å². The number of carbonyl (C=O) groups is 3. The van der Waals surface area contributed by atoms with Crippen LogP contribution in [0.3, 0.4) is 0 Å². The summed E-state index contributed by atoms with van der Waals surface area (Å²) in [6.45, 7) is 2.39. The summed E-state index contributed by atoms with van der Waals surface area (Å²) in [6, 6.07) is 6.27. The summed E-state index contributed by atoms with van der Waals surface area (Å²) in [5.74, 6) is -2.79. The predicted octanol–water partition coefficient (Wildman–Crippen LogP) is 2.74. The van der Waals surface area contributed by atoms with Gasteiger partial charge in [-0.2, -0.15) is 4.39 Å². The molecule has 9 nitrogen and oxygen atoms in total. The minimum Gasteiger partial charge on any atom is -0.459 e. The van der Waals surface area contributed by atoms with Crippen LogP contribution < -0.4 is 5.32 Å². The number of hydrogen-bond acceptors (Lipinski definition) is 8. The molecular weight excluding hydrogens is 497 g/mol. The van der Waals surface area contributed by atoms with Crippen molar-refractivity contribution < 1.29 is 31.9 Å². The van der Waals surface area contributed by atoms with Crippen molar-refractivity contribution >= 4 is 44.1 Å². The lowest BCUT2D eigenvalue weighted by molar-refractivity contribution is -0.159. The molecule has 1 saturated heterocycles. The normalized spacial score (nSPS) is 18.8. The van der Waals surface area contributed by atoms with Crippen molar-refractivity contribution in [3.05, 3.63) is 41.2 Å². The molecule has 2 aromatic rings. The number of anilines is 1. The number of carbonyl (C=O) groups excluding carboxylic acids is 3. The van der Waals surface area contributed by atoms with Gasteiger partial charge in [0, 0.05) is 13.1 Å². The Morgan fingerprint density at radius 3 is 2.54 bits per heavy atom. The first-order valence-electron chi connectivity index (χ1n) is 11.4. The average molecular weight is 524 g/mol. The van der Waals surface area contributed by atoms with Gasteiger partial charge >= 0.3 is 11.9 Å². The maximum absolute atomic E-state index is 13.4. The van der Waals surface area contributed by atoms with E-state index in [4.69, 9.17) is 4.74 Å². The van der Waals surface area contributed by atoms with Crippen molar-refractivity contribution in [2.45, 2.75) is 48.7 Å². The number of likely N-dealkylation sites (tertiary alicyclic amines) is 1. The van der Waals surface area contributed by atoms with Crippen LogP contribution in [0.1, 0.15) is 44.1 Å². The van der Waals surface area contributed by atoms with Gasteiger partial charge in [-0.25, -0.2) is 18.2 Å². The molecular formula is C23H26FN3O6S2. The molecule has 0 radical (unpaired) electrons. The molecule has 2 aliphatic rings. The minimum atomic E-state index is -3.36. The topological polar surface area (TPSA) is 123 Å². The Kier molecular flexibility index (Phi) is 7.50. The predicted molar refractivity (Wildman–Crippen MR) is 126 cm³/mol. The lowest BCUT2D eigenvalue weighted by atomic mass is 9.87. The lowest BCUT2D eigenvalue weighted by Gasteiger charge is -2.21. The van der Waals surface area contributed by atoms with Gasteiger partial charge < -0.3 is 15.0 Å². The highest BCUT2D eigenvalue weighted by molar-refractivity contribution is 7.92. The standard InChI is InChI=1S/C23H26FN3O6S2/c1-2-33-22(30)21(29)27-10-9-14(13-27)11-18(20(28)26-23-25-12-19(24)34-23)15-3-5-16(6-4-15)35(31,32)17-7-8-17/h3-6,12,14,17-18H,2,7-11,13H2,1H3,(H,25,26,28)/t14-,18-/m1/s1. The van der Waals surface area contributed by atoms with Crippen molar-refractivity contribution in [1.82, 2.24) is 9.88 Å². The van der Waals surface area contributed by atoms with Gasteiger partial charge in [-0.05, 0) is 56.2 Å². The van der Waals surface area contributed by atoms with E-state index in [1.54, 1.807) is 19.1 Å². The van der Waals surface area contributed by atoms with Gasteiger partial charge in [-0.3, -0.25) is 9.59 Å². The van der Waals surface area contributed by atoms with Gasteiger partial charge in [0.1, 0.15) is 0 Å². The van der Waals surface area contributed by atoms with Crippen LogP contribution in [0.5, 0.6) is 0 Å². The van der Waals surface area contributed by atoms with E-state index in [2.05, 4.69) is 10.3 Å². The van der Waals surface area contributed by atoms with E-state index < -0.39 is 38.7 Å². The highest BCUT2D eigenvalue weighted by Gasteiger charge is 2.37. The number of ether oxygens (including phenoxy) is 1. The molecule has 2 atom stereocenters. The summed E-state index contributed by atoms with van der Waals surface area (Å²) in [7, 11) is -3.36. The number of thiazole rings is 1. The summed E-state index contributed by atoms with van der Waals surface area (Å²) in [6.07, 6.45) is 3.27. The van der Waals surface area contributed by atoms with Crippen LogP contribution in [0.4, 0.5) is 9.52 Å². The molecule has 1 aliphatic carbocycles. The Hall–Kier alpha value is -2.86. The molecule has 0 spiro atoms. The molecule has 0 bridgehead atoms. The number of halogens is 1. The van der Waals surface area contributed by atoms with Crippen LogP contribution in [-0.4, -0.2) is 61.0 Å². The molecule has 1 N–H and O–H groups in total. The van der Waals surface area contributed by atoms with E-state index in [-0.39, 0.29) is 27.8 Å². The van der Waals surface area contributed by atoms with E-state index in [9.17, 15) is 27.2 Å². The fraction of sp³-hybridized carbons (Fsp3) is 0.478. The first kappa shape index (κ1) is 25.2. The maximum atomic E-state index is 13.4. The molecule has 1 saturated carbocycles. The molecule has 1 aromatic heterocycles. The van der Waals surface area contributed by atoms with Crippen LogP contribution >= 0.6 is 11.3 Å². The van der Waals surface area contributed by atoms with Crippen LogP contribution in [0.15, 0.2) is 35.4 Å². The number of aromatic nitrogens is 1. The molecule has 2 heterocycles. The monoisotopic (exact) mass is 523 g/mol. The lowest BCUT2D eigenvalue weighted by Crippen LogP contribution is -2.36. The number of esters is 1. The molecule has 2 amide bonds. The van der Waals surface area contributed by atoms with Crippen LogP contribution in [0, 0.1) is 11.0 Å². The van der Waals surface area contributed by atoms with Gasteiger partial charge in [0.15, 0.2) is 20.1 Å². The third kappa shape index (κ3) is 5.87. The quantitative estimate of drug-likeness (QED) is 0.417. The second-order valence-electron chi connectivity index (χ2n) is 8.69. The summed E-state index contributed by atoms with van der Waals surface area (Å²) in [5.41, 5.74) is 0.601. The van der Waals surface area contributed by atoms with Crippen molar-refractivity contribution in [3.63, 3.8) is 0 Å². The van der Waals surface area contributed by atoms with Crippen molar-refractivity contribution in [3.8, 4) is 0 Å². The van der Waals surface area contributed by atoms with E-state index in [0.717, 1.165) is 6.20 Å². The van der Waals surface area contributed by atoms with E-state index in [1.165, 1.54) is 17.0 Å². The van der Waals surface area contributed by atoms with E-state index in [1.807, 2.05) is 0 Å². The van der Waals surface area contributed by atoms with Crippen LogP contribution in [-0.2, 0) is 29.0 Å². The fourth-order valence-corrected chi connectivity index (χ4v) is 6.43.